The molecule has 0 bridgehead atoms. The van der Waals surface area contributed by atoms with Gasteiger partial charge in [-0.3, -0.25) is 4.79 Å². The van der Waals surface area contributed by atoms with E-state index in [9.17, 15) is 4.79 Å². The molecular weight excluding hydrogens is 254 g/mol. The molecule has 1 amide bonds. The number of halogens is 1. The lowest BCUT2D eigenvalue weighted by molar-refractivity contribution is -0.117. The van der Waals surface area contributed by atoms with Gasteiger partial charge in [0.25, 0.3) is 5.91 Å². The topological polar surface area (TPSA) is 29.1 Å². The van der Waals surface area contributed by atoms with E-state index in [0.29, 0.717) is 0 Å². The standard InChI is InChI=1S/C12H12BrNO/c1-12(2,14-11(15)8-9-13)10-6-4-3-5-7-10/h3-7H,1-2H3,(H,14,15). The van der Waals surface area contributed by atoms with Crippen LogP contribution in [0, 0.1) is 10.8 Å². The van der Waals surface area contributed by atoms with Crippen LogP contribution < -0.4 is 5.32 Å². The summed E-state index contributed by atoms with van der Waals surface area (Å²) < 4.78 is 0. The monoisotopic (exact) mass is 265 g/mol. The Labute approximate surface area is 98.2 Å². The summed E-state index contributed by atoms with van der Waals surface area (Å²) in [7, 11) is 0. The zero-order valence-corrected chi connectivity index (χ0v) is 10.3. The van der Waals surface area contributed by atoms with Crippen molar-refractivity contribution >= 4 is 21.8 Å². The summed E-state index contributed by atoms with van der Waals surface area (Å²) in [4.78, 5) is 13.7. The van der Waals surface area contributed by atoms with E-state index in [1.807, 2.05) is 44.2 Å². The van der Waals surface area contributed by atoms with Gasteiger partial charge in [-0.1, -0.05) is 30.3 Å². The maximum Gasteiger partial charge on any atom is 0.297 e. The lowest BCUT2D eigenvalue weighted by atomic mass is 9.94. The molecule has 0 saturated carbocycles. The maximum atomic E-state index is 11.3. The van der Waals surface area contributed by atoms with Gasteiger partial charge < -0.3 is 5.32 Å². The van der Waals surface area contributed by atoms with Crippen molar-refractivity contribution in [2.45, 2.75) is 19.4 Å². The molecule has 1 N–H and O–H groups in total. The summed E-state index contributed by atoms with van der Waals surface area (Å²) in [6, 6.07) is 9.78. The van der Waals surface area contributed by atoms with Crippen LogP contribution in [0.1, 0.15) is 19.4 Å². The van der Waals surface area contributed by atoms with E-state index >= 15 is 0 Å². The molecule has 0 aliphatic rings. The predicted octanol–water partition coefficient (Wildman–Crippen LogP) is 2.39. The van der Waals surface area contributed by atoms with Gasteiger partial charge >= 0.3 is 0 Å². The third-order valence-electron chi connectivity index (χ3n) is 2.08. The fourth-order valence-corrected chi connectivity index (χ4v) is 1.47. The summed E-state index contributed by atoms with van der Waals surface area (Å²) in [6.45, 7) is 3.88. The van der Waals surface area contributed by atoms with Crippen molar-refractivity contribution in [3.63, 3.8) is 0 Å². The molecule has 1 rings (SSSR count). The third kappa shape index (κ3) is 3.41. The number of benzene rings is 1. The van der Waals surface area contributed by atoms with E-state index in [4.69, 9.17) is 0 Å². The predicted molar refractivity (Wildman–Crippen MR) is 64.3 cm³/mol. The molecular formula is C12H12BrNO. The fraction of sp³-hybridized carbons (Fsp3) is 0.250. The van der Waals surface area contributed by atoms with Crippen LogP contribution in [0.25, 0.3) is 0 Å². The number of nitrogens with one attached hydrogen (secondary N) is 1. The highest BCUT2D eigenvalue weighted by atomic mass is 79.9. The molecule has 0 spiro atoms. The summed E-state index contributed by atoms with van der Waals surface area (Å²) in [5.74, 6) is 2.10. The molecule has 0 heterocycles. The van der Waals surface area contributed by atoms with Crippen molar-refractivity contribution in [3.8, 4) is 10.8 Å². The summed E-state index contributed by atoms with van der Waals surface area (Å²) in [5, 5.41) is 2.83. The molecule has 15 heavy (non-hydrogen) atoms. The smallest absolute Gasteiger partial charge is 0.297 e. The number of hydrogen-bond acceptors (Lipinski definition) is 1. The van der Waals surface area contributed by atoms with Gasteiger partial charge in [-0.15, -0.1) is 0 Å². The molecule has 1 aromatic carbocycles. The summed E-state index contributed by atoms with van der Waals surface area (Å²) in [5.41, 5.74) is 0.643. The lowest BCUT2D eigenvalue weighted by Crippen LogP contribution is -2.40. The van der Waals surface area contributed by atoms with E-state index in [-0.39, 0.29) is 5.91 Å². The summed E-state index contributed by atoms with van der Waals surface area (Å²) >= 11 is 2.89. The number of carbonyl (C=O) groups is 1. The summed E-state index contributed by atoms with van der Waals surface area (Å²) in [6.07, 6.45) is 0. The Morgan fingerprint density at radius 2 is 1.93 bits per heavy atom. The molecule has 0 aliphatic heterocycles. The van der Waals surface area contributed by atoms with Crippen molar-refractivity contribution < 1.29 is 4.79 Å². The third-order valence-corrected chi connectivity index (χ3v) is 2.28. The van der Waals surface area contributed by atoms with E-state index in [1.165, 1.54) is 0 Å². The first-order valence-corrected chi connectivity index (χ1v) is 5.35. The van der Waals surface area contributed by atoms with Crippen LogP contribution in [-0.2, 0) is 10.3 Å². The molecule has 0 radical (unpaired) electrons. The highest BCUT2D eigenvalue weighted by Gasteiger charge is 2.21. The van der Waals surface area contributed by atoms with Gasteiger partial charge in [0.1, 0.15) is 0 Å². The Morgan fingerprint density at radius 1 is 1.33 bits per heavy atom. The Balaban J connectivity index is 2.83. The Kier molecular flexibility index (Phi) is 3.93. The second kappa shape index (κ2) is 4.99. The molecule has 0 unspecified atom stereocenters. The van der Waals surface area contributed by atoms with Crippen LogP contribution in [0.2, 0.25) is 0 Å². The van der Waals surface area contributed by atoms with Crippen LogP contribution in [0.5, 0.6) is 0 Å². The SMILES string of the molecule is CC(C)(NC(=O)C#CBr)c1ccccc1. The second-order valence-electron chi connectivity index (χ2n) is 3.66. The van der Waals surface area contributed by atoms with Crippen molar-refractivity contribution in [3.05, 3.63) is 35.9 Å². The van der Waals surface area contributed by atoms with Gasteiger partial charge in [0.2, 0.25) is 0 Å². The van der Waals surface area contributed by atoms with Gasteiger partial charge in [-0.25, -0.2) is 0 Å². The van der Waals surface area contributed by atoms with E-state index in [1.54, 1.807) is 0 Å². The van der Waals surface area contributed by atoms with E-state index < -0.39 is 5.54 Å². The minimum Gasteiger partial charge on any atom is -0.336 e. The minimum atomic E-state index is -0.408. The zero-order chi connectivity index (χ0) is 11.3. The average Bonchev–Trinajstić information content (AvgIpc) is 2.18. The first-order valence-electron chi connectivity index (χ1n) is 4.55. The van der Waals surface area contributed by atoms with Crippen LogP contribution in [0.3, 0.4) is 0 Å². The Hall–Kier alpha value is -1.27. The fourth-order valence-electron chi connectivity index (χ4n) is 1.28. The van der Waals surface area contributed by atoms with Gasteiger partial charge in [-0.05, 0) is 24.2 Å². The first kappa shape index (κ1) is 11.8. The Morgan fingerprint density at radius 3 is 2.47 bits per heavy atom. The van der Waals surface area contributed by atoms with Crippen molar-refractivity contribution in [1.82, 2.24) is 5.32 Å². The number of carbonyl (C=O) groups excluding carboxylic acids is 1. The average molecular weight is 266 g/mol. The zero-order valence-electron chi connectivity index (χ0n) is 8.67. The molecule has 0 aromatic heterocycles. The van der Waals surface area contributed by atoms with Crippen LogP contribution in [0.15, 0.2) is 30.3 Å². The van der Waals surface area contributed by atoms with E-state index in [0.717, 1.165) is 5.56 Å². The van der Waals surface area contributed by atoms with Crippen LogP contribution >= 0.6 is 15.9 Å². The molecule has 0 atom stereocenters. The first-order chi connectivity index (χ1) is 7.06. The van der Waals surface area contributed by atoms with Crippen LogP contribution in [0.4, 0.5) is 0 Å². The highest BCUT2D eigenvalue weighted by molar-refractivity contribution is 9.12. The quantitative estimate of drug-likeness (QED) is 0.818. The molecule has 3 heteroatoms. The van der Waals surface area contributed by atoms with Gasteiger partial charge in [0.05, 0.1) is 5.54 Å². The van der Waals surface area contributed by atoms with E-state index in [2.05, 4.69) is 32.0 Å². The van der Waals surface area contributed by atoms with Crippen molar-refractivity contribution in [2.24, 2.45) is 0 Å². The molecule has 2 nitrogen and oxygen atoms in total. The largest absolute Gasteiger partial charge is 0.336 e. The normalized spacial score (nSPS) is 10.1. The molecule has 1 aromatic rings. The van der Waals surface area contributed by atoms with Gasteiger partial charge in [0, 0.05) is 21.9 Å². The Bertz CT molecular complexity index is 401. The molecule has 0 aliphatic carbocycles. The maximum absolute atomic E-state index is 11.3. The van der Waals surface area contributed by atoms with Crippen molar-refractivity contribution in [1.29, 1.82) is 0 Å². The van der Waals surface area contributed by atoms with Gasteiger partial charge in [0.15, 0.2) is 0 Å². The highest BCUT2D eigenvalue weighted by Crippen LogP contribution is 2.18. The molecule has 0 fully saturated rings. The number of amides is 1. The van der Waals surface area contributed by atoms with Crippen molar-refractivity contribution in [2.75, 3.05) is 0 Å². The van der Waals surface area contributed by atoms with Gasteiger partial charge in [-0.2, -0.15) is 0 Å². The molecule has 78 valence electrons. The lowest BCUT2D eigenvalue weighted by Gasteiger charge is -2.25. The number of rotatable bonds is 2. The second-order valence-corrected chi connectivity index (χ2v) is 4.06. The number of hydrogen-bond donors (Lipinski definition) is 1. The molecule has 0 saturated heterocycles. The van der Waals surface area contributed by atoms with Crippen LogP contribution in [-0.4, -0.2) is 5.91 Å². The minimum absolute atomic E-state index is 0.291.